The van der Waals surface area contributed by atoms with Crippen molar-refractivity contribution in [2.75, 3.05) is 0 Å². The van der Waals surface area contributed by atoms with Crippen LogP contribution in [-0.4, -0.2) is 9.49 Å². The zero-order valence-electron chi connectivity index (χ0n) is 26.1. The van der Waals surface area contributed by atoms with Gasteiger partial charge in [-0.1, -0.05) is 109 Å². The van der Waals surface area contributed by atoms with Crippen LogP contribution in [-0.2, 0) is 0 Å². The average Bonchev–Trinajstić information content (AvgIpc) is 3.70. The van der Waals surface area contributed by atoms with Gasteiger partial charge in [0.1, 0.15) is 0 Å². The quantitative estimate of drug-likeness (QED) is 0.141. The number of fused-ring (bicyclic) bond motifs is 10. The van der Waals surface area contributed by atoms with Gasteiger partial charge >= 0.3 is 0 Å². The van der Waals surface area contributed by atoms with Crippen molar-refractivity contribution in [3.05, 3.63) is 168 Å². The minimum Gasteiger partial charge on any atom is -0.309 e. The predicted octanol–water partition coefficient (Wildman–Crippen LogP) is 12.7. The van der Waals surface area contributed by atoms with Gasteiger partial charge in [-0.2, -0.15) is 0 Å². The molecule has 0 radical (unpaired) electrons. The number of nitro benzene ring substituents is 1. The molecule has 2 aromatic heterocycles. The molecule has 0 aliphatic carbocycles. The van der Waals surface area contributed by atoms with E-state index < -0.39 is 0 Å². The lowest BCUT2D eigenvalue weighted by molar-refractivity contribution is -0.384. The van der Waals surface area contributed by atoms with Crippen molar-refractivity contribution in [2.24, 2.45) is 0 Å². The highest BCUT2D eigenvalue weighted by Crippen LogP contribution is 2.47. The van der Waals surface area contributed by atoms with Gasteiger partial charge in [-0.15, -0.1) is 11.3 Å². The highest BCUT2D eigenvalue weighted by Gasteiger charge is 2.22. The molecule has 0 bridgehead atoms. The Morgan fingerprint density at radius 3 is 2.00 bits per heavy atom. The Balaban J connectivity index is 1.23. The summed E-state index contributed by atoms with van der Waals surface area (Å²) >= 11 is 1.76. The van der Waals surface area contributed by atoms with Crippen LogP contribution in [0.3, 0.4) is 0 Å². The van der Waals surface area contributed by atoms with Crippen LogP contribution in [0.4, 0.5) is 5.69 Å². The molecule has 0 aliphatic heterocycles. The van der Waals surface area contributed by atoms with E-state index in [1.54, 1.807) is 17.4 Å². The largest absolute Gasteiger partial charge is 0.309 e. The van der Waals surface area contributed by atoms with Crippen LogP contribution in [0.25, 0.3) is 91.5 Å². The molecule has 0 atom stereocenters. The van der Waals surface area contributed by atoms with E-state index in [1.807, 2.05) is 24.3 Å². The molecular formula is C44H26N2O2S. The van der Waals surface area contributed by atoms with Gasteiger partial charge < -0.3 is 4.57 Å². The highest BCUT2D eigenvalue weighted by molar-refractivity contribution is 7.27. The summed E-state index contributed by atoms with van der Waals surface area (Å²) in [5, 5.41) is 21.9. The molecule has 0 unspecified atom stereocenters. The summed E-state index contributed by atoms with van der Waals surface area (Å²) in [6.07, 6.45) is 0. The molecule has 0 saturated carbocycles. The Labute approximate surface area is 284 Å². The van der Waals surface area contributed by atoms with Gasteiger partial charge in [0.15, 0.2) is 0 Å². The first kappa shape index (κ1) is 27.8. The third-order valence-electron chi connectivity index (χ3n) is 9.87. The summed E-state index contributed by atoms with van der Waals surface area (Å²) in [5.41, 5.74) is 6.83. The van der Waals surface area contributed by atoms with E-state index in [0.29, 0.717) is 5.56 Å². The molecule has 10 rings (SSSR count). The van der Waals surface area contributed by atoms with Gasteiger partial charge in [-0.25, -0.2) is 0 Å². The van der Waals surface area contributed by atoms with E-state index in [-0.39, 0.29) is 10.6 Å². The fourth-order valence-electron chi connectivity index (χ4n) is 7.69. The summed E-state index contributed by atoms with van der Waals surface area (Å²) < 4.78 is 4.65. The van der Waals surface area contributed by atoms with Crippen molar-refractivity contribution in [3.8, 4) is 27.9 Å². The number of nitro groups is 1. The standard InChI is InChI=1S/C44H26N2O2S/c47-46(48)40-23-20-28(29-19-21-34-33-15-8-9-17-39(33)45(41(34)25-29)30-11-2-1-3-12-30)24-38(40)37-26-42-43(35-16-7-6-14-32(35)37)36-22-18-27-10-4-5-13-31(27)44(36)49-42/h1-26H. The SMILES string of the molecule is O=[N+]([O-])c1ccc(-c2ccc3c4ccccc4n(-c4ccccc4)c3c2)cc1-c1cc2sc3c4ccccc4ccc3c2c2ccccc12. The van der Waals surface area contributed by atoms with Crippen LogP contribution in [0.5, 0.6) is 0 Å². The van der Waals surface area contributed by atoms with Gasteiger partial charge in [0.2, 0.25) is 0 Å². The van der Waals surface area contributed by atoms with E-state index in [1.165, 1.54) is 37.0 Å². The first-order chi connectivity index (χ1) is 24.1. The van der Waals surface area contributed by atoms with Crippen molar-refractivity contribution in [1.82, 2.24) is 4.57 Å². The molecule has 0 saturated heterocycles. The second-order valence-electron chi connectivity index (χ2n) is 12.5. The van der Waals surface area contributed by atoms with Gasteiger partial charge in [0.05, 0.1) is 21.5 Å². The molecule has 0 aliphatic rings. The van der Waals surface area contributed by atoms with Crippen molar-refractivity contribution in [3.63, 3.8) is 0 Å². The molecule has 230 valence electrons. The number of hydrogen-bond donors (Lipinski definition) is 0. The predicted molar refractivity (Wildman–Crippen MR) is 206 cm³/mol. The number of thiophene rings is 1. The molecule has 8 aromatic carbocycles. The second kappa shape index (κ2) is 10.6. The van der Waals surface area contributed by atoms with Crippen LogP contribution in [0.2, 0.25) is 0 Å². The molecule has 0 spiro atoms. The Bertz CT molecular complexity index is 2970. The molecule has 49 heavy (non-hydrogen) atoms. The highest BCUT2D eigenvalue weighted by atomic mass is 32.1. The van der Waals surface area contributed by atoms with Crippen LogP contribution < -0.4 is 0 Å². The number of benzene rings is 8. The number of rotatable bonds is 4. The topological polar surface area (TPSA) is 48.1 Å². The Morgan fingerprint density at radius 2 is 1.16 bits per heavy atom. The summed E-state index contributed by atoms with van der Waals surface area (Å²) in [6, 6.07) is 54.3. The zero-order chi connectivity index (χ0) is 32.6. The summed E-state index contributed by atoms with van der Waals surface area (Å²) in [6.45, 7) is 0. The van der Waals surface area contributed by atoms with Crippen molar-refractivity contribution >= 4 is 80.5 Å². The monoisotopic (exact) mass is 646 g/mol. The fraction of sp³-hybridized carbons (Fsp3) is 0. The van der Waals surface area contributed by atoms with E-state index >= 15 is 0 Å². The summed E-state index contributed by atoms with van der Waals surface area (Å²) in [7, 11) is 0. The van der Waals surface area contributed by atoms with Crippen LogP contribution >= 0.6 is 11.3 Å². The smallest absolute Gasteiger partial charge is 0.277 e. The maximum absolute atomic E-state index is 12.6. The molecule has 4 nitrogen and oxygen atoms in total. The van der Waals surface area contributed by atoms with Crippen molar-refractivity contribution < 1.29 is 4.92 Å². The first-order valence-corrected chi connectivity index (χ1v) is 17.1. The minimum absolute atomic E-state index is 0.0966. The van der Waals surface area contributed by atoms with Crippen LogP contribution in [0.1, 0.15) is 0 Å². The van der Waals surface area contributed by atoms with E-state index in [2.05, 4.69) is 132 Å². The van der Waals surface area contributed by atoms with E-state index in [9.17, 15) is 10.1 Å². The lowest BCUT2D eigenvalue weighted by Crippen LogP contribution is -1.95. The van der Waals surface area contributed by atoms with Gasteiger partial charge in [-0.05, 0) is 80.7 Å². The Morgan fingerprint density at radius 1 is 0.510 bits per heavy atom. The Kier molecular flexibility index (Phi) is 6.01. The van der Waals surface area contributed by atoms with Crippen LogP contribution in [0.15, 0.2) is 158 Å². The number of para-hydroxylation sites is 2. The lowest BCUT2D eigenvalue weighted by Gasteiger charge is -2.12. The molecule has 2 heterocycles. The average molecular weight is 647 g/mol. The summed E-state index contributed by atoms with van der Waals surface area (Å²) in [4.78, 5) is 12.4. The molecule has 0 fully saturated rings. The number of nitrogens with zero attached hydrogens (tertiary/aromatic N) is 2. The maximum Gasteiger partial charge on any atom is 0.277 e. The third-order valence-corrected chi connectivity index (χ3v) is 11.1. The summed E-state index contributed by atoms with van der Waals surface area (Å²) in [5.74, 6) is 0. The second-order valence-corrected chi connectivity index (χ2v) is 13.6. The van der Waals surface area contributed by atoms with Gasteiger partial charge in [0.25, 0.3) is 5.69 Å². The van der Waals surface area contributed by atoms with E-state index in [0.717, 1.165) is 48.9 Å². The molecule has 0 amide bonds. The Hall–Kier alpha value is -6.30. The first-order valence-electron chi connectivity index (χ1n) is 16.3. The molecular weight excluding hydrogens is 621 g/mol. The number of hydrogen-bond acceptors (Lipinski definition) is 3. The molecule has 10 aromatic rings. The minimum atomic E-state index is -0.257. The maximum atomic E-state index is 12.6. The fourth-order valence-corrected chi connectivity index (χ4v) is 8.98. The van der Waals surface area contributed by atoms with Gasteiger partial charge in [-0.3, -0.25) is 10.1 Å². The third kappa shape index (κ3) is 4.16. The normalized spacial score (nSPS) is 11.8. The van der Waals surface area contributed by atoms with E-state index in [4.69, 9.17) is 0 Å². The van der Waals surface area contributed by atoms with Crippen molar-refractivity contribution in [2.45, 2.75) is 0 Å². The molecule has 5 heteroatoms. The molecule has 0 N–H and O–H groups in total. The number of aromatic nitrogens is 1. The lowest BCUT2D eigenvalue weighted by atomic mass is 9.91. The van der Waals surface area contributed by atoms with Gasteiger partial charge in [0, 0.05) is 42.7 Å². The van der Waals surface area contributed by atoms with Crippen molar-refractivity contribution in [1.29, 1.82) is 0 Å². The van der Waals surface area contributed by atoms with Crippen LogP contribution in [0, 0.1) is 10.1 Å². The zero-order valence-corrected chi connectivity index (χ0v) is 26.9.